The lowest BCUT2D eigenvalue weighted by molar-refractivity contribution is -0.154. The molecule has 1 saturated heterocycles. The highest BCUT2D eigenvalue weighted by molar-refractivity contribution is 5.82. The van der Waals surface area contributed by atoms with Crippen molar-refractivity contribution in [2.75, 3.05) is 7.05 Å². The molecule has 1 fully saturated rings. The van der Waals surface area contributed by atoms with Gasteiger partial charge in [-0.1, -0.05) is 0 Å². The molecule has 0 saturated carbocycles. The predicted molar refractivity (Wildman–Crippen MR) is 58.4 cm³/mol. The molecule has 1 aromatic heterocycles. The minimum Gasteiger partial charge on any atom is -0.479 e. The Morgan fingerprint density at radius 3 is 2.83 bits per heavy atom. The van der Waals surface area contributed by atoms with Crippen molar-refractivity contribution in [1.29, 1.82) is 0 Å². The molecule has 0 spiro atoms. The van der Waals surface area contributed by atoms with Crippen LogP contribution in [0.15, 0.2) is 6.33 Å². The number of aromatic nitrogens is 3. The number of nitrogens with one attached hydrogen (secondary N) is 1. The summed E-state index contributed by atoms with van der Waals surface area (Å²) in [5, 5.41) is 15.1. The van der Waals surface area contributed by atoms with Crippen LogP contribution in [0.4, 0.5) is 0 Å². The van der Waals surface area contributed by atoms with E-state index in [-0.39, 0.29) is 12.5 Å². The van der Waals surface area contributed by atoms with Gasteiger partial charge in [0.15, 0.2) is 6.10 Å². The van der Waals surface area contributed by atoms with Gasteiger partial charge >= 0.3 is 5.97 Å². The third kappa shape index (κ3) is 2.65. The quantitative estimate of drug-likeness (QED) is 0.742. The zero-order valence-electron chi connectivity index (χ0n) is 9.87. The van der Waals surface area contributed by atoms with Crippen molar-refractivity contribution in [2.24, 2.45) is 0 Å². The van der Waals surface area contributed by atoms with Crippen molar-refractivity contribution < 1.29 is 19.4 Å². The van der Waals surface area contributed by atoms with E-state index in [0.29, 0.717) is 18.7 Å². The Morgan fingerprint density at radius 1 is 1.56 bits per heavy atom. The molecule has 98 valence electrons. The maximum atomic E-state index is 12.0. The summed E-state index contributed by atoms with van der Waals surface area (Å²) in [6.07, 6.45) is 0.593. The number of hydrogen-bond acceptors (Lipinski definition) is 5. The molecule has 2 atom stereocenters. The Morgan fingerprint density at radius 2 is 2.28 bits per heavy atom. The third-order valence-electron chi connectivity index (χ3n) is 2.80. The summed E-state index contributed by atoms with van der Waals surface area (Å²) < 4.78 is 5.19. The van der Waals surface area contributed by atoms with Crippen molar-refractivity contribution in [2.45, 2.75) is 31.6 Å². The molecule has 0 bridgehead atoms. The van der Waals surface area contributed by atoms with Crippen LogP contribution in [0.25, 0.3) is 0 Å². The number of nitrogens with zero attached hydrogens (tertiary/aromatic N) is 3. The number of aliphatic carboxylic acids is 1. The summed E-state index contributed by atoms with van der Waals surface area (Å²) in [5.41, 5.74) is 0. The molecule has 0 unspecified atom stereocenters. The van der Waals surface area contributed by atoms with Gasteiger partial charge < -0.3 is 14.7 Å². The number of hydrogen-bond donors (Lipinski definition) is 2. The molecule has 2 N–H and O–H groups in total. The fourth-order valence-corrected chi connectivity index (χ4v) is 1.86. The lowest BCUT2D eigenvalue weighted by Gasteiger charge is -2.19. The molecule has 2 rings (SSSR count). The van der Waals surface area contributed by atoms with E-state index < -0.39 is 18.2 Å². The first-order chi connectivity index (χ1) is 8.58. The smallest absolute Gasteiger partial charge is 0.332 e. The monoisotopic (exact) mass is 254 g/mol. The van der Waals surface area contributed by atoms with Crippen LogP contribution in [0.2, 0.25) is 0 Å². The van der Waals surface area contributed by atoms with Crippen molar-refractivity contribution >= 4 is 11.9 Å². The van der Waals surface area contributed by atoms with Crippen LogP contribution >= 0.6 is 0 Å². The van der Waals surface area contributed by atoms with Gasteiger partial charge in [0.1, 0.15) is 18.3 Å². The minimum absolute atomic E-state index is 0.241. The molecular weight excluding hydrogens is 240 g/mol. The van der Waals surface area contributed by atoms with Gasteiger partial charge in [-0.05, 0) is 12.8 Å². The van der Waals surface area contributed by atoms with Gasteiger partial charge in [-0.15, -0.1) is 0 Å². The van der Waals surface area contributed by atoms with Gasteiger partial charge in [0.05, 0.1) is 6.54 Å². The molecule has 0 aromatic carbocycles. The number of carbonyl (C=O) groups excluding carboxylic acids is 1. The maximum Gasteiger partial charge on any atom is 0.332 e. The highest BCUT2D eigenvalue weighted by atomic mass is 16.5. The van der Waals surface area contributed by atoms with E-state index in [9.17, 15) is 9.59 Å². The molecule has 1 aliphatic heterocycles. The lowest BCUT2D eigenvalue weighted by atomic mass is 10.2. The first-order valence-electron chi connectivity index (χ1n) is 5.55. The second-order valence-electron chi connectivity index (χ2n) is 4.16. The normalized spacial score (nSPS) is 22.9. The van der Waals surface area contributed by atoms with Crippen LogP contribution in [0, 0.1) is 0 Å². The Balaban J connectivity index is 1.90. The molecule has 0 radical (unpaired) electrons. The summed E-state index contributed by atoms with van der Waals surface area (Å²) in [5.74, 6) is -0.697. The summed E-state index contributed by atoms with van der Waals surface area (Å²) in [6.45, 7) is 0.288. The van der Waals surface area contributed by atoms with Gasteiger partial charge in [-0.25, -0.2) is 9.78 Å². The molecule has 1 aliphatic rings. The van der Waals surface area contributed by atoms with E-state index in [1.54, 1.807) is 7.05 Å². The van der Waals surface area contributed by atoms with Crippen LogP contribution in [-0.4, -0.2) is 56.3 Å². The Hall–Kier alpha value is -1.96. The van der Waals surface area contributed by atoms with E-state index >= 15 is 0 Å². The highest BCUT2D eigenvalue weighted by Crippen LogP contribution is 2.21. The molecule has 18 heavy (non-hydrogen) atoms. The number of H-pyrrole nitrogens is 1. The third-order valence-corrected chi connectivity index (χ3v) is 2.80. The number of amides is 1. The SMILES string of the molecule is CN(Cc1ncn[nH]1)C(=O)[C@@H]1CC[C@H](C(=O)O)O1. The average molecular weight is 254 g/mol. The predicted octanol–water partition coefficient (Wildman–Crippen LogP) is -0.605. The van der Waals surface area contributed by atoms with Crippen LogP contribution in [-0.2, 0) is 20.9 Å². The highest BCUT2D eigenvalue weighted by Gasteiger charge is 2.36. The molecule has 8 nitrogen and oxygen atoms in total. The largest absolute Gasteiger partial charge is 0.479 e. The van der Waals surface area contributed by atoms with E-state index in [1.165, 1.54) is 11.2 Å². The Labute approximate surface area is 103 Å². The first kappa shape index (κ1) is 12.5. The fourth-order valence-electron chi connectivity index (χ4n) is 1.86. The standard InChI is InChI=1S/C10H14N4O4/c1-14(4-8-11-5-12-13-8)9(15)6-2-3-7(18-6)10(16)17/h5-7H,2-4H2,1H3,(H,16,17)(H,11,12,13)/t6-,7+/m0/s1. The number of carboxylic acid groups (broad SMARTS) is 1. The van der Waals surface area contributed by atoms with Crippen LogP contribution in [0.5, 0.6) is 0 Å². The zero-order valence-corrected chi connectivity index (χ0v) is 9.87. The Bertz CT molecular complexity index is 433. The van der Waals surface area contributed by atoms with Crippen molar-refractivity contribution in [3.63, 3.8) is 0 Å². The number of rotatable bonds is 4. The van der Waals surface area contributed by atoms with Gasteiger partial charge in [-0.2, -0.15) is 5.10 Å². The fraction of sp³-hybridized carbons (Fsp3) is 0.600. The van der Waals surface area contributed by atoms with Crippen LogP contribution in [0.1, 0.15) is 18.7 Å². The number of carbonyl (C=O) groups is 2. The molecule has 2 heterocycles. The maximum absolute atomic E-state index is 12.0. The molecule has 8 heteroatoms. The first-order valence-corrected chi connectivity index (χ1v) is 5.55. The van der Waals surface area contributed by atoms with Gasteiger partial charge in [-0.3, -0.25) is 9.89 Å². The number of carboxylic acids is 1. The van der Waals surface area contributed by atoms with E-state index in [1.807, 2.05) is 0 Å². The molecule has 1 aromatic rings. The van der Waals surface area contributed by atoms with Gasteiger partial charge in [0.2, 0.25) is 0 Å². The Kier molecular flexibility index (Phi) is 3.56. The van der Waals surface area contributed by atoms with Crippen LogP contribution in [0.3, 0.4) is 0 Å². The number of aromatic amines is 1. The van der Waals surface area contributed by atoms with Crippen LogP contribution < -0.4 is 0 Å². The van der Waals surface area contributed by atoms with Crippen molar-refractivity contribution in [1.82, 2.24) is 20.1 Å². The van der Waals surface area contributed by atoms with E-state index in [4.69, 9.17) is 9.84 Å². The lowest BCUT2D eigenvalue weighted by Crippen LogP contribution is -2.37. The van der Waals surface area contributed by atoms with E-state index in [0.717, 1.165) is 0 Å². The number of likely N-dealkylation sites (N-methyl/N-ethyl adjacent to an activating group) is 1. The van der Waals surface area contributed by atoms with Crippen molar-refractivity contribution in [3.05, 3.63) is 12.2 Å². The summed E-state index contributed by atoms with van der Waals surface area (Å²) >= 11 is 0. The van der Waals surface area contributed by atoms with Gasteiger partial charge in [0.25, 0.3) is 5.91 Å². The summed E-state index contributed by atoms with van der Waals surface area (Å²) in [4.78, 5) is 28.1. The van der Waals surface area contributed by atoms with Gasteiger partial charge in [0, 0.05) is 7.05 Å². The summed E-state index contributed by atoms with van der Waals surface area (Å²) in [6, 6.07) is 0. The van der Waals surface area contributed by atoms with Crippen molar-refractivity contribution in [3.8, 4) is 0 Å². The molecular formula is C10H14N4O4. The second kappa shape index (κ2) is 5.13. The summed E-state index contributed by atoms with van der Waals surface area (Å²) in [7, 11) is 1.61. The topological polar surface area (TPSA) is 108 Å². The average Bonchev–Trinajstić information content (AvgIpc) is 2.98. The molecule has 0 aliphatic carbocycles. The molecule has 1 amide bonds. The second-order valence-corrected chi connectivity index (χ2v) is 4.16. The van der Waals surface area contributed by atoms with E-state index in [2.05, 4.69) is 15.2 Å². The zero-order chi connectivity index (χ0) is 13.1. The minimum atomic E-state index is -1.02. The number of ether oxygens (including phenoxy) is 1.